The van der Waals surface area contributed by atoms with Crippen LogP contribution in [0.2, 0.25) is 0 Å². The van der Waals surface area contributed by atoms with E-state index in [0.717, 1.165) is 24.0 Å². The minimum Gasteiger partial charge on any atom is -0.376 e. The van der Waals surface area contributed by atoms with Gasteiger partial charge >= 0.3 is 6.03 Å². The van der Waals surface area contributed by atoms with Crippen molar-refractivity contribution in [2.75, 3.05) is 32.4 Å². The normalized spacial score (nSPS) is 21.6. The average Bonchev–Trinajstić information content (AvgIpc) is 3.68. The first-order valence-electron chi connectivity index (χ1n) is 18.9. The molecule has 1 aromatic carbocycles. The van der Waals surface area contributed by atoms with Gasteiger partial charge in [-0.2, -0.15) is 0 Å². The second-order valence-corrected chi connectivity index (χ2v) is 18.3. The Morgan fingerprint density at radius 1 is 1.06 bits per heavy atom. The summed E-state index contributed by atoms with van der Waals surface area (Å²) in [6.07, 6.45) is 6.54. The zero-order valence-electron chi connectivity index (χ0n) is 32.0. The molecule has 4 rings (SSSR count). The first-order valence-corrected chi connectivity index (χ1v) is 20.5. The van der Waals surface area contributed by atoms with Gasteiger partial charge in [-0.15, -0.1) is 13.2 Å². The highest BCUT2D eigenvalue weighted by atomic mass is 32.2. The molecular formula is C39H60N6O7S. The SMILES string of the molecule is C=CCNC(=O)C(=O)C(CCC1CC1)NC(=O)[C@@H]1C[C@@H](C=C)CN1C(O)[C@@H](NC(=O)N[C@H](CN(C)S(=O)(=O)CC)C(C)(C)C)C1Cc2ccccc2C1. The number of sulfonamides is 1. The summed E-state index contributed by atoms with van der Waals surface area (Å²) in [5.74, 6) is -1.98. The quantitative estimate of drug-likeness (QED) is 0.106. The van der Waals surface area contributed by atoms with E-state index in [4.69, 9.17) is 0 Å². The topological polar surface area (TPSA) is 177 Å². The average molecular weight is 757 g/mol. The molecule has 2 fully saturated rings. The van der Waals surface area contributed by atoms with Crippen molar-refractivity contribution in [3.05, 3.63) is 60.7 Å². The molecule has 13 nitrogen and oxygen atoms in total. The summed E-state index contributed by atoms with van der Waals surface area (Å²) in [5.41, 5.74) is 1.71. The van der Waals surface area contributed by atoms with E-state index in [1.165, 1.54) is 17.4 Å². The van der Waals surface area contributed by atoms with Crippen molar-refractivity contribution in [1.29, 1.82) is 0 Å². The van der Waals surface area contributed by atoms with Crippen LogP contribution in [0.5, 0.6) is 0 Å². The number of hydrogen-bond acceptors (Lipinski definition) is 8. The van der Waals surface area contributed by atoms with E-state index in [1.807, 2.05) is 45.0 Å². The number of carbonyl (C=O) groups is 4. The fraction of sp³-hybridized carbons (Fsp3) is 0.641. The Bertz CT molecular complexity index is 1580. The molecule has 0 bridgehead atoms. The smallest absolute Gasteiger partial charge is 0.315 e. The van der Waals surface area contributed by atoms with Crippen molar-refractivity contribution in [2.24, 2.45) is 23.2 Å². The molecule has 1 saturated heterocycles. The monoisotopic (exact) mass is 756 g/mol. The maximum Gasteiger partial charge on any atom is 0.315 e. The highest BCUT2D eigenvalue weighted by molar-refractivity contribution is 7.89. The van der Waals surface area contributed by atoms with Gasteiger partial charge in [-0.1, -0.05) is 70.0 Å². The van der Waals surface area contributed by atoms with Crippen molar-refractivity contribution in [1.82, 2.24) is 30.5 Å². The number of fused-ring (bicyclic) bond motifs is 1. The number of aliphatic hydroxyl groups excluding tert-OH is 1. The summed E-state index contributed by atoms with van der Waals surface area (Å²) in [4.78, 5) is 55.6. The second kappa shape index (κ2) is 18.2. The number of likely N-dealkylation sites (tertiary alicyclic amines) is 1. The van der Waals surface area contributed by atoms with Crippen LogP contribution in [0.1, 0.15) is 70.9 Å². The fourth-order valence-corrected chi connectivity index (χ4v) is 8.16. The van der Waals surface area contributed by atoms with Crippen LogP contribution in [0.3, 0.4) is 0 Å². The number of hydrogen-bond donors (Lipinski definition) is 5. The number of Topliss-reactive ketones (excluding diaryl/α,β-unsaturated/α-hetero) is 1. The van der Waals surface area contributed by atoms with Crippen LogP contribution in [0.4, 0.5) is 4.79 Å². The predicted molar refractivity (Wildman–Crippen MR) is 205 cm³/mol. The molecule has 294 valence electrons. The number of carbonyl (C=O) groups excluding carboxylic acids is 4. The molecule has 6 atom stereocenters. The molecule has 14 heteroatoms. The van der Waals surface area contributed by atoms with E-state index in [2.05, 4.69) is 34.4 Å². The molecule has 0 spiro atoms. The highest BCUT2D eigenvalue weighted by Crippen LogP contribution is 2.35. The summed E-state index contributed by atoms with van der Waals surface area (Å²) in [5, 5.41) is 23.7. The number of ketones is 1. The van der Waals surface area contributed by atoms with Gasteiger partial charge in [0.2, 0.25) is 21.7 Å². The second-order valence-electron chi connectivity index (χ2n) is 16.0. The van der Waals surface area contributed by atoms with Crippen LogP contribution >= 0.6 is 0 Å². The number of aliphatic hydroxyl groups is 1. The minimum absolute atomic E-state index is 0.0524. The number of rotatable bonds is 19. The highest BCUT2D eigenvalue weighted by Gasteiger charge is 2.46. The van der Waals surface area contributed by atoms with Gasteiger partial charge in [0, 0.05) is 32.7 Å². The van der Waals surface area contributed by atoms with Gasteiger partial charge in [0.15, 0.2) is 0 Å². The summed E-state index contributed by atoms with van der Waals surface area (Å²) in [6.45, 7) is 15.3. The van der Waals surface area contributed by atoms with Crippen molar-refractivity contribution in [3.8, 4) is 0 Å². The molecule has 53 heavy (non-hydrogen) atoms. The number of urea groups is 1. The lowest BCUT2D eigenvalue weighted by Crippen LogP contribution is -2.62. The van der Waals surface area contributed by atoms with Gasteiger partial charge in [0.05, 0.1) is 23.9 Å². The fourth-order valence-electron chi connectivity index (χ4n) is 7.34. The summed E-state index contributed by atoms with van der Waals surface area (Å²) >= 11 is 0. The van der Waals surface area contributed by atoms with E-state index in [9.17, 15) is 32.7 Å². The van der Waals surface area contributed by atoms with Gasteiger partial charge in [-0.25, -0.2) is 17.5 Å². The van der Waals surface area contributed by atoms with Crippen molar-refractivity contribution < 1.29 is 32.7 Å². The van der Waals surface area contributed by atoms with E-state index < -0.39 is 69.5 Å². The lowest BCUT2D eigenvalue weighted by molar-refractivity contribution is -0.141. The maximum atomic E-state index is 14.1. The molecular weight excluding hydrogens is 697 g/mol. The van der Waals surface area contributed by atoms with E-state index in [1.54, 1.807) is 17.9 Å². The molecule has 4 amide bonds. The number of nitrogens with zero attached hydrogens (tertiary/aromatic N) is 2. The van der Waals surface area contributed by atoms with Gasteiger partial charge in [0.1, 0.15) is 6.23 Å². The Hall–Kier alpha value is -3.59. The Morgan fingerprint density at radius 2 is 1.70 bits per heavy atom. The lowest BCUT2D eigenvalue weighted by atomic mass is 9.86. The zero-order chi connectivity index (χ0) is 39.1. The number of benzene rings is 1. The third-order valence-electron chi connectivity index (χ3n) is 11.0. The van der Waals surface area contributed by atoms with Gasteiger partial charge in [0.25, 0.3) is 5.91 Å². The van der Waals surface area contributed by atoms with Crippen LogP contribution < -0.4 is 21.3 Å². The summed E-state index contributed by atoms with van der Waals surface area (Å²) < 4.78 is 26.5. The number of amides is 4. The molecule has 1 aromatic rings. The summed E-state index contributed by atoms with van der Waals surface area (Å²) in [7, 11) is -2.02. The standard InChI is InChI=1S/C39H60N6O7S/c1-8-19-40-36(48)34(46)30(18-17-26-15-16-26)41-35(47)31-20-25(9-2)23-45(31)37(49)33(29-21-27-13-11-12-14-28(27)22-29)43-38(50)42-32(39(4,5)6)24-44(7)53(51,52)10-3/h8-9,11-14,25-26,29-33,37,49H,1-2,10,15-24H2,3-7H3,(H,40,48)(H,41,47)(H2,42,43,50)/t25-,30?,31+,32-,33+,37?/m1/s1. The van der Waals surface area contributed by atoms with Crippen LogP contribution in [-0.4, -0.2) is 109 Å². The van der Waals surface area contributed by atoms with Crippen LogP contribution in [-0.2, 0) is 37.2 Å². The molecule has 2 aliphatic carbocycles. The molecule has 1 aliphatic heterocycles. The molecule has 1 saturated carbocycles. The third kappa shape index (κ3) is 11.2. The Kier molecular flexibility index (Phi) is 14.4. The van der Waals surface area contributed by atoms with E-state index in [-0.39, 0.29) is 37.2 Å². The largest absolute Gasteiger partial charge is 0.376 e. The molecule has 0 aromatic heterocycles. The first-order chi connectivity index (χ1) is 25.0. The third-order valence-corrected chi connectivity index (χ3v) is 12.8. The van der Waals surface area contributed by atoms with Crippen LogP contribution in [0.15, 0.2) is 49.6 Å². The Morgan fingerprint density at radius 3 is 2.25 bits per heavy atom. The van der Waals surface area contributed by atoms with Gasteiger partial charge < -0.3 is 26.4 Å². The molecule has 0 radical (unpaired) electrons. The lowest BCUT2D eigenvalue weighted by Gasteiger charge is -2.39. The van der Waals surface area contributed by atoms with Crippen LogP contribution in [0, 0.1) is 23.2 Å². The first kappa shape index (κ1) is 42.2. The number of likely N-dealkylation sites (N-methyl/N-ethyl adjacent to an activating group) is 1. The number of nitrogens with one attached hydrogen (secondary N) is 4. The summed E-state index contributed by atoms with van der Waals surface area (Å²) in [6, 6.07) is 4.10. The molecule has 3 aliphatic rings. The maximum absolute atomic E-state index is 14.1. The van der Waals surface area contributed by atoms with Crippen molar-refractivity contribution in [2.45, 2.75) is 103 Å². The van der Waals surface area contributed by atoms with Gasteiger partial charge in [-0.3, -0.25) is 19.3 Å². The Labute approximate surface area is 315 Å². The van der Waals surface area contributed by atoms with Crippen LogP contribution in [0.25, 0.3) is 0 Å². The van der Waals surface area contributed by atoms with E-state index >= 15 is 0 Å². The predicted octanol–water partition coefficient (Wildman–Crippen LogP) is 2.51. The van der Waals surface area contributed by atoms with Crippen molar-refractivity contribution >= 4 is 33.7 Å². The Balaban J connectivity index is 1.58. The minimum atomic E-state index is -3.51. The van der Waals surface area contributed by atoms with Crippen molar-refractivity contribution in [3.63, 3.8) is 0 Å². The van der Waals surface area contributed by atoms with E-state index in [0.29, 0.717) is 38.0 Å². The molecule has 1 heterocycles. The molecule has 2 unspecified atom stereocenters. The molecule has 5 N–H and O–H groups in total. The zero-order valence-corrected chi connectivity index (χ0v) is 32.8. The van der Waals surface area contributed by atoms with Gasteiger partial charge in [-0.05, 0) is 73.3 Å².